The van der Waals surface area contributed by atoms with Crippen molar-refractivity contribution in [1.82, 2.24) is 20.3 Å². The Labute approximate surface area is 99.3 Å². The van der Waals surface area contributed by atoms with Gasteiger partial charge in [-0.05, 0) is 6.07 Å². The number of hydrogen-bond acceptors (Lipinski definition) is 4. The Morgan fingerprint density at radius 1 is 1.41 bits per heavy atom. The van der Waals surface area contributed by atoms with E-state index in [-0.39, 0.29) is 6.04 Å². The van der Waals surface area contributed by atoms with Crippen LogP contribution in [0.1, 0.15) is 23.0 Å². The van der Waals surface area contributed by atoms with E-state index in [1.54, 1.807) is 19.6 Å². The van der Waals surface area contributed by atoms with E-state index in [4.69, 9.17) is 4.74 Å². The van der Waals surface area contributed by atoms with E-state index in [0.29, 0.717) is 5.88 Å². The van der Waals surface area contributed by atoms with E-state index in [9.17, 15) is 0 Å². The van der Waals surface area contributed by atoms with Gasteiger partial charge in [-0.25, -0.2) is 9.97 Å². The van der Waals surface area contributed by atoms with Crippen molar-refractivity contribution >= 4 is 0 Å². The van der Waals surface area contributed by atoms with Crippen molar-refractivity contribution in [1.29, 1.82) is 0 Å². The first-order chi connectivity index (χ1) is 8.40. The molecule has 5 nitrogen and oxygen atoms in total. The average molecular weight is 230 g/mol. The fourth-order valence-corrected chi connectivity index (χ4v) is 2.27. The molecule has 0 fully saturated rings. The summed E-state index contributed by atoms with van der Waals surface area (Å²) in [6, 6.07) is 4.00. The highest BCUT2D eigenvalue weighted by Crippen LogP contribution is 2.30. The lowest BCUT2D eigenvalue weighted by Crippen LogP contribution is -2.31. The molecule has 2 N–H and O–H groups in total. The van der Waals surface area contributed by atoms with Crippen LogP contribution in [0, 0.1) is 0 Å². The van der Waals surface area contributed by atoms with Crippen molar-refractivity contribution in [2.45, 2.75) is 12.5 Å². The molecular weight excluding hydrogens is 216 g/mol. The van der Waals surface area contributed by atoms with Gasteiger partial charge in [0, 0.05) is 30.4 Å². The Kier molecular flexibility index (Phi) is 2.53. The molecule has 0 aromatic carbocycles. The number of aromatic amines is 1. The summed E-state index contributed by atoms with van der Waals surface area (Å²) in [6.07, 6.45) is 4.46. The van der Waals surface area contributed by atoms with Gasteiger partial charge in [0.2, 0.25) is 5.88 Å². The molecule has 0 spiro atoms. The van der Waals surface area contributed by atoms with E-state index in [1.807, 2.05) is 12.1 Å². The van der Waals surface area contributed by atoms with E-state index < -0.39 is 0 Å². The van der Waals surface area contributed by atoms with Gasteiger partial charge in [0.05, 0.1) is 25.2 Å². The summed E-state index contributed by atoms with van der Waals surface area (Å²) in [5.74, 6) is 0.654. The number of fused-ring (bicyclic) bond motifs is 1. The zero-order valence-corrected chi connectivity index (χ0v) is 9.60. The van der Waals surface area contributed by atoms with Crippen LogP contribution in [-0.4, -0.2) is 28.6 Å². The second kappa shape index (κ2) is 4.18. The van der Waals surface area contributed by atoms with Gasteiger partial charge in [-0.2, -0.15) is 0 Å². The number of H-pyrrole nitrogens is 1. The zero-order chi connectivity index (χ0) is 11.7. The van der Waals surface area contributed by atoms with Crippen LogP contribution in [0.5, 0.6) is 5.88 Å². The smallest absolute Gasteiger partial charge is 0.218 e. The number of methoxy groups -OCH3 is 1. The minimum Gasteiger partial charge on any atom is -0.481 e. The molecule has 1 atom stereocenters. The monoisotopic (exact) mass is 230 g/mol. The Bertz CT molecular complexity index is 523. The van der Waals surface area contributed by atoms with Gasteiger partial charge in [0.25, 0.3) is 0 Å². The van der Waals surface area contributed by atoms with Gasteiger partial charge in [-0.15, -0.1) is 0 Å². The molecule has 0 aliphatic carbocycles. The van der Waals surface area contributed by atoms with Crippen LogP contribution in [0.3, 0.4) is 0 Å². The number of aromatic nitrogens is 3. The summed E-state index contributed by atoms with van der Waals surface area (Å²) >= 11 is 0. The third-order valence-electron chi connectivity index (χ3n) is 3.05. The molecule has 5 heteroatoms. The zero-order valence-electron chi connectivity index (χ0n) is 9.60. The third-order valence-corrected chi connectivity index (χ3v) is 3.05. The normalized spacial score (nSPS) is 18.8. The predicted octanol–water partition coefficient (Wildman–Crippen LogP) is 1.05. The SMILES string of the molecule is COc1ncccc1C1NCCc2[nH]cnc21. The van der Waals surface area contributed by atoms with E-state index in [1.165, 1.54) is 5.69 Å². The molecule has 0 saturated carbocycles. The van der Waals surface area contributed by atoms with Crippen molar-refractivity contribution in [3.05, 3.63) is 41.6 Å². The number of nitrogens with zero attached hydrogens (tertiary/aromatic N) is 2. The number of pyridine rings is 1. The predicted molar refractivity (Wildman–Crippen MR) is 62.9 cm³/mol. The molecule has 0 saturated heterocycles. The fraction of sp³-hybridized carbons (Fsp3) is 0.333. The minimum absolute atomic E-state index is 0.0636. The number of ether oxygens (including phenoxy) is 1. The first kappa shape index (κ1) is 10.3. The molecule has 0 radical (unpaired) electrons. The topological polar surface area (TPSA) is 62.8 Å². The third kappa shape index (κ3) is 1.68. The lowest BCUT2D eigenvalue weighted by molar-refractivity contribution is 0.385. The molecule has 2 aromatic rings. The summed E-state index contributed by atoms with van der Waals surface area (Å²) in [6.45, 7) is 0.928. The summed E-state index contributed by atoms with van der Waals surface area (Å²) in [5, 5.41) is 3.45. The van der Waals surface area contributed by atoms with Crippen molar-refractivity contribution in [2.24, 2.45) is 0 Å². The van der Waals surface area contributed by atoms with Crippen LogP contribution in [0.4, 0.5) is 0 Å². The highest BCUT2D eigenvalue weighted by molar-refractivity contribution is 5.37. The molecule has 3 rings (SSSR count). The van der Waals surface area contributed by atoms with Crippen LogP contribution < -0.4 is 10.1 Å². The molecule has 2 aromatic heterocycles. The standard InChI is InChI=1S/C12H14N4O/c1-17-12-8(3-2-5-14-12)10-11-9(4-6-13-10)15-7-16-11/h2-3,5,7,10,13H,4,6H2,1H3,(H,15,16). The highest BCUT2D eigenvalue weighted by atomic mass is 16.5. The molecule has 17 heavy (non-hydrogen) atoms. The summed E-state index contributed by atoms with van der Waals surface area (Å²) in [7, 11) is 1.64. The van der Waals surface area contributed by atoms with Crippen molar-refractivity contribution in [3.8, 4) is 5.88 Å². The maximum atomic E-state index is 5.30. The lowest BCUT2D eigenvalue weighted by Gasteiger charge is -2.24. The largest absolute Gasteiger partial charge is 0.481 e. The summed E-state index contributed by atoms with van der Waals surface area (Å²) in [5.41, 5.74) is 3.27. The van der Waals surface area contributed by atoms with Crippen molar-refractivity contribution < 1.29 is 4.74 Å². The molecule has 1 aliphatic heterocycles. The molecular formula is C12H14N4O. The maximum absolute atomic E-state index is 5.30. The molecule has 1 unspecified atom stereocenters. The molecule has 3 heterocycles. The number of hydrogen-bond donors (Lipinski definition) is 2. The van der Waals surface area contributed by atoms with Gasteiger partial charge in [0.15, 0.2) is 0 Å². The van der Waals surface area contributed by atoms with Gasteiger partial charge in [0.1, 0.15) is 0 Å². The second-order valence-corrected chi connectivity index (χ2v) is 4.01. The van der Waals surface area contributed by atoms with Crippen molar-refractivity contribution in [3.63, 3.8) is 0 Å². The van der Waals surface area contributed by atoms with Gasteiger partial charge in [-0.1, -0.05) is 6.07 Å². The van der Waals surface area contributed by atoms with E-state index in [2.05, 4.69) is 20.3 Å². The molecule has 1 aliphatic rings. The second-order valence-electron chi connectivity index (χ2n) is 4.01. The quantitative estimate of drug-likeness (QED) is 0.809. The van der Waals surface area contributed by atoms with Crippen LogP contribution >= 0.6 is 0 Å². The van der Waals surface area contributed by atoms with E-state index in [0.717, 1.165) is 24.2 Å². The number of rotatable bonds is 2. The van der Waals surface area contributed by atoms with Crippen molar-refractivity contribution in [2.75, 3.05) is 13.7 Å². The Balaban J connectivity index is 2.06. The molecule has 0 bridgehead atoms. The van der Waals surface area contributed by atoms with E-state index >= 15 is 0 Å². The van der Waals surface area contributed by atoms with Gasteiger partial charge >= 0.3 is 0 Å². The first-order valence-electron chi connectivity index (χ1n) is 5.64. The van der Waals surface area contributed by atoms with Crippen LogP contribution in [-0.2, 0) is 6.42 Å². The Morgan fingerprint density at radius 3 is 3.24 bits per heavy atom. The van der Waals surface area contributed by atoms with Gasteiger partial charge in [-0.3, -0.25) is 0 Å². The van der Waals surface area contributed by atoms with Crippen LogP contribution in [0.25, 0.3) is 0 Å². The minimum atomic E-state index is 0.0636. The van der Waals surface area contributed by atoms with Gasteiger partial charge < -0.3 is 15.0 Å². The summed E-state index contributed by atoms with van der Waals surface area (Å²) in [4.78, 5) is 11.8. The van der Waals surface area contributed by atoms with Crippen LogP contribution in [0.15, 0.2) is 24.7 Å². The number of nitrogens with one attached hydrogen (secondary N) is 2. The Hall–Kier alpha value is -1.88. The van der Waals surface area contributed by atoms with Crippen LogP contribution in [0.2, 0.25) is 0 Å². The first-order valence-corrected chi connectivity index (χ1v) is 5.64. The lowest BCUT2D eigenvalue weighted by atomic mass is 9.99. The highest BCUT2D eigenvalue weighted by Gasteiger charge is 2.26. The fourth-order valence-electron chi connectivity index (χ4n) is 2.27. The maximum Gasteiger partial charge on any atom is 0.218 e. The molecule has 0 amide bonds. The molecule has 88 valence electrons. The average Bonchev–Trinajstić information content (AvgIpc) is 2.86. The number of imidazole rings is 1. The Morgan fingerprint density at radius 2 is 2.35 bits per heavy atom. The summed E-state index contributed by atoms with van der Waals surface area (Å²) < 4.78 is 5.30.